The van der Waals surface area contributed by atoms with Gasteiger partial charge in [-0.1, -0.05) is 12.1 Å². The van der Waals surface area contributed by atoms with Gasteiger partial charge in [-0.25, -0.2) is 9.97 Å². The number of para-hydroxylation sites is 2. The minimum Gasteiger partial charge on any atom is -0.481 e. The zero-order valence-electron chi connectivity index (χ0n) is 11.8. The Morgan fingerprint density at radius 1 is 1.38 bits per heavy atom. The van der Waals surface area contributed by atoms with E-state index in [2.05, 4.69) is 14.9 Å². The predicted octanol–water partition coefficient (Wildman–Crippen LogP) is 1.62. The molecule has 1 unspecified atom stereocenters. The van der Waals surface area contributed by atoms with Crippen molar-refractivity contribution in [1.82, 2.24) is 9.97 Å². The number of rotatable bonds is 3. The second-order valence-electron chi connectivity index (χ2n) is 5.16. The van der Waals surface area contributed by atoms with Gasteiger partial charge in [0, 0.05) is 13.1 Å². The summed E-state index contributed by atoms with van der Waals surface area (Å²) in [5.41, 5.74) is 2.57. The van der Waals surface area contributed by atoms with Gasteiger partial charge in [-0.3, -0.25) is 4.79 Å². The Kier molecular flexibility index (Phi) is 3.70. The molecule has 1 N–H and O–H groups in total. The van der Waals surface area contributed by atoms with Gasteiger partial charge in [0.05, 0.1) is 35.9 Å². The van der Waals surface area contributed by atoms with Gasteiger partial charge in [-0.15, -0.1) is 0 Å². The summed E-state index contributed by atoms with van der Waals surface area (Å²) in [5.74, 6) is -0.0319. The number of nitrogens with zero attached hydrogens (tertiary/aromatic N) is 3. The summed E-state index contributed by atoms with van der Waals surface area (Å²) < 4.78 is 5.50. The third-order valence-electron chi connectivity index (χ3n) is 3.56. The van der Waals surface area contributed by atoms with Gasteiger partial charge >= 0.3 is 5.97 Å². The minimum atomic E-state index is -0.844. The third-order valence-corrected chi connectivity index (χ3v) is 3.56. The van der Waals surface area contributed by atoms with Crippen molar-refractivity contribution in [3.8, 4) is 0 Å². The van der Waals surface area contributed by atoms with Crippen LogP contribution in [0.2, 0.25) is 0 Å². The molecule has 0 spiro atoms. The number of ether oxygens (including phenoxy) is 1. The lowest BCUT2D eigenvalue weighted by molar-refractivity contribution is -0.140. The maximum atomic E-state index is 10.8. The Morgan fingerprint density at radius 2 is 2.10 bits per heavy atom. The molecule has 0 amide bonds. The summed E-state index contributed by atoms with van der Waals surface area (Å²) in [6.45, 7) is 3.66. The number of carboxylic acid groups (broad SMARTS) is 1. The second kappa shape index (κ2) is 5.65. The molecule has 1 saturated heterocycles. The van der Waals surface area contributed by atoms with E-state index in [0.29, 0.717) is 19.7 Å². The number of carbonyl (C=O) groups is 1. The number of hydrogen-bond donors (Lipinski definition) is 1. The van der Waals surface area contributed by atoms with Crippen molar-refractivity contribution < 1.29 is 14.6 Å². The third kappa shape index (κ3) is 2.95. The molecule has 21 heavy (non-hydrogen) atoms. The van der Waals surface area contributed by atoms with Gasteiger partial charge in [0.2, 0.25) is 0 Å². The van der Waals surface area contributed by atoms with E-state index in [1.54, 1.807) is 0 Å². The zero-order valence-corrected chi connectivity index (χ0v) is 11.8. The molecule has 6 nitrogen and oxygen atoms in total. The lowest BCUT2D eigenvalue weighted by Gasteiger charge is -2.33. The van der Waals surface area contributed by atoms with Crippen LogP contribution in [-0.4, -0.2) is 46.8 Å². The van der Waals surface area contributed by atoms with Crippen molar-refractivity contribution in [2.75, 3.05) is 24.6 Å². The normalized spacial score (nSPS) is 18.9. The van der Waals surface area contributed by atoms with Crippen LogP contribution in [0.5, 0.6) is 0 Å². The molecule has 1 fully saturated rings. The minimum absolute atomic E-state index is 0.0105. The smallest absolute Gasteiger partial charge is 0.306 e. The fourth-order valence-electron chi connectivity index (χ4n) is 2.61. The van der Waals surface area contributed by atoms with E-state index >= 15 is 0 Å². The molecule has 1 atom stereocenters. The first-order valence-corrected chi connectivity index (χ1v) is 6.95. The maximum Gasteiger partial charge on any atom is 0.306 e. The summed E-state index contributed by atoms with van der Waals surface area (Å²) in [5, 5.41) is 8.89. The van der Waals surface area contributed by atoms with E-state index in [-0.39, 0.29) is 12.5 Å². The first-order valence-electron chi connectivity index (χ1n) is 6.95. The van der Waals surface area contributed by atoms with Crippen molar-refractivity contribution in [2.24, 2.45) is 0 Å². The van der Waals surface area contributed by atoms with Gasteiger partial charge in [0.15, 0.2) is 5.82 Å². The number of morpholine rings is 1. The zero-order chi connectivity index (χ0) is 14.8. The van der Waals surface area contributed by atoms with Gasteiger partial charge in [-0.05, 0) is 19.1 Å². The van der Waals surface area contributed by atoms with Crippen LogP contribution in [0.4, 0.5) is 5.82 Å². The van der Waals surface area contributed by atoms with Crippen molar-refractivity contribution in [1.29, 1.82) is 0 Å². The van der Waals surface area contributed by atoms with Crippen LogP contribution in [0.25, 0.3) is 11.0 Å². The number of aryl methyl sites for hydroxylation is 1. The predicted molar refractivity (Wildman–Crippen MR) is 78.5 cm³/mol. The van der Waals surface area contributed by atoms with Gasteiger partial charge in [0.1, 0.15) is 0 Å². The van der Waals surface area contributed by atoms with Crippen LogP contribution in [0.1, 0.15) is 12.1 Å². The molecule has 1 aromatic carbocycles. The Labute approximate surface area is 122 Å². The number of aromatic nitrogens is 2. The number of carboxylic acids is 1. The highest BCUT2D eigenvalue weighted by atomic mass is 16.5. The highest BCUT2D eigenvalue weighted by molar-refractivity contribution is 5.76. The van der Waals surface area contributed by atoms with Crippen molar-refractivity contribution >= 4 is 22.8 Å². The molecular weight excluding hydrogens is 270 g/mol. The molecule has 1 aliphatic heterocycles. The first-order chi connectivity index (χ1) is 10.1. The molecule has 1 aliphatic rings. The Morgan fingerprint density at radius 3 is 2.81 bits per heavy atom. The van der Waals surface area contributed by atoms with Crippen LogP contribution < -0.4 is 4.90 Å². The molecule has 0 aliphatic carbocycles. The van der Waals surface area contributed by atoms with Crippen LogP contribution in [0.3, 0.4) is 0 Å². The van der Waals surface area contributed by atoms with Gasteiger partial charge < -0.3 is 14.7 Å². The van der Waals surface area contributed by atoms with E-state index in [9.17, 15) is 4.79 Å². The number of hydrogen-bond acceptors (Lipinski definition) is 5. The van der Waals surface area contributed by atoms with Crippen molar-refractivity contribution in [3.05, 3.63) is 30.0 Å². The highest BCUT2D eigenvalue weighted by Gasteiger charge is 2.25. The highest BCUT2D eigenvalue weighted by Crippen LogP contribution is 2.22. The standard InChI is InChI=1S/C15H17N3O3/c1-10-15(17-13-5-3-2-4-12(13)16-10)18-6-7-21-11(9-18)8-14(19)20/h2-5,11H,6-9H2,1H3,(H,19,20). The number of fused-ring (bicyclic) bond motifs is 1. The van der Waals surface area contributed by atoms with Crippen molar-refractivity contribution in [3.63, 3.8) is 0 Å². The van der Waals surface area contributed by atoms with Crippen LogP contribution in [0, 0.1) is 6.92 Å². The fraction of sp³-hybridized carbons (Fsp3) is 0.400. The average molecular weight is 287 g/mol. The largest absolute Gasteiger partial charge is 0.481 e. The lowest BCUT2D eigenvalue weighted by atomic mass is 10.2. The number of benzene rings is 1. The Bertz CT molecular complexity index is 674. The summed E-state index contributed by atoms with van der Waals surface area (Å²) in [6.07, 6.45) is -0.291. The van der Waals surface area contributed by atoms with Crippen LogP contribution >= 0.6 is 0 Å². The molecule has 3 rings (SSSR count). The second-order valence-corrected chi connectivity index (χ2v) is 5.16. The lowest BCUT2D eigenvalue weighted by Crippen LogP contribution is -2.44. The summed E-state index contributed by atoms with van der Waals surface area (Å²) in [6, 6.07) is 7.74. The molecule has 0 bridgehead atoms. The molecule has 110 valence electrons. The summed E-state index contributed by atoms with van der Waals surface area (Å²) in [4.78, 5) is 22.1. The summed E-state index contributed by atoms with van der Waals surface area (Å²) >= 11 is 0. The van der Waals surface area contributed by atoms with E-state index in [1.807, 2.05) is 31.2 Å². The molecule has 6 heteroatoms. The monoisotopic (exact) mass is 287 g/mol. The topological polar surface area (TPSA) is 75.5 Å². The summed E-state index contributed by atoms with van der Waals surface area (Å²) in [7, 11) is 0. The van der Waals surface area contributed by atoms with E-state index in [0.717, 1.165) is 22.5 Å². The molecule has 0 radical (unpaired) electrons. The van der Waals surface area contributed by atoms with Crippen LogP contribution in [-0.2, 0) is 9.53 Å². The van der Waals surface area contributed by atoms with Crippen molar-refractivity contribution in [2.45, 2.75) is 19.4 Å². The molecule has 2 heterocycles. The quantitative estimate of drug-likeness (QED) is 0.924. The first kappa shape index (κ1) is 13.8. The molecule has 2 aromatic rings. The van der Waals surface area contributed by atoms with E-state index in [1.165, 1.54) is 0 Å². The Balaban J connectivity index is 1.88. The molecule has 0 saturated carbocycles. The fourth-order valence-corrected chi connectivity index (χ4v) is 2.61. The number of aliphatic carboxylic acids is 1. The van der Waals surface area contributed by atoms with Crippen LogP contribution in [0.15, 0.2) is 24.3 Å². The van der Waals surface area contributed by atoms with Gasteiger partial charge in [0.25, 0.3) is 0 Å². The average Bonchev–Trinajstić information content (AvgIpc) is 2.46. The molecule has 1 aromatic heterocycles. The van der Waals surface area contributed by atoms with E-state index < -0.39 is 5.97 Å². The number of anilines is 1. The Hall–Kier alpha value is -2.21. The van der Waals surface area contributed by atoms with E-state index in [4.69, 9.17) is 9.84 Å². The SMILES string of the molecule is Cc1nc2ccccc2nc1N1CCOC(CC(=O)O)C1. The van der Waals surface area contributed by atoms with Gasteiger partial charge in [-0.2, -0.15) is 0 Å². The maximum absolute atomic E-state index is 10.8. The molecular formula is C15H17N3O3.